The van der Waals surface area contributed by atoms with Gasteiger partial charge in [0.05, 0.1) is 6.04 Å². The van der Waals surface area contributed by atoms with E-state index in [2.05, 4.69) is 0 Å². The predicted molar refractivity (Wildman–Crippen MR) is 44.7 cm³/mol. The van der Waals surface area contributed by atoms with Gasteiger partial charge in [0.1, 0.15) is 6.10 Å². The molecule has 1 aliphatic carbocycles. The minimum Gasteiger partial charge on any atom is -0.387 e. The molecule has 0 radical (unpaired) electrons. The molecule has 1 saturated carbocycles. The molecule has 0 amide bonds. The average molecular weight is 205 g/mol. The molecule has 5 N–H and O–H groups in total. The smallest absolute Gasteiger partial charge is 0.252 e. The maximum Gasteiger partial charge on any atom is 0.252 e. The lowest BCUT2D eigenvalue weighted by atomic mass is 10.1. The van der Waals surface area contributed by atoms with E-state index in [-0.39, 0.29) is 6.42 Å². The van der Waals surface area contributed by atoms with Crippen LogP contribution in [0.2, 0.25) is 0 Å². The van der Waals surface area contributed by atoms with E-state index in [0.717, 1.165) is 0 Å². The Morgan fingerprint density at radius 1 is 1.21 bits per heavy atom. The number of hydrogen-bond acceptors (Lipinski definition) is 6. The van der Waals surface area contributed by atoms with E-state index in [1.807, 2.05) is 0 Å². The van der Waals surface area contributed by atoms with Crippen molar-refractivity contribution in [1.82, 2.24) is 0 Å². The molecule has 6 heteroatoms. The molecule has 0 aromatic carbocycles. The summed E-state index contributed by atoms with van der Waals surface area (Å²) < 4.78 is 10.2. The molecule has 2 fully saturated rings. The van der Waals surface area contributed by atoms with Crippen LogP contribution < -0.4 is 5.73 Å². The summed E-state index contributed by atoms with van der Waals surface area (Å²) in [6.45, 7) is 3.06. The third-order valence-corrected chi connectivity index (χ3v) is 2.75. The molecule has 0 unspecified atom stereocenters. The molecule has 1 heterocycles. The minimum absolute atomic E-state index is 0.0308. The monoisotopic (exact) mass is 205 g/mol. The van der Waals surface area contributed by atoms with Crippen molar-refractivity contribution in [1.29, 1.82) is 0 Å². The first kappa shape index (κ1) is 10.3. The van der Waals surface area contributed by atoms with Crippen molar-refractivity contribution in [2.45, 2.75) is 49.8 Å². The second-order valence-electron chi connectivity index (χ2n) is 4.35. The van der Waals surface area contributed by atoms with Crippen molar-refractivity contribution < 1.29 is 24.8 Å². The lowest BCUT2D eigenvalue weighted by molar-refractivity contribution is -0.303. The van der Waals surface area contributed by atoms with Crippen molar-refractivity contribution in [3.8, 4) is 0 Å². The van der Waals surface area contributed by atoms with Crippen molar-refractivity contribution >= 4 is 0 Å². The summed E-state index contributed by atoms with van der Waals surface area (Å²) in [6.07, 6.45) is -1.22. The van der Waals surface area contributed by atoms with Gasteiger partial charge in [0.2, 0.25) is 5.79 Å². The van der Waals surface area contributed by atoms with Crippen molar-refractivity contribution in [2.24, 2.45) is 5.73 Å². The molecule has 1 aliphatic heterocycles. The number of aliphatic hydroxyl groups excluding tert-OH is 1. The van der Waals surface area contributed by atoms with Gasteiger partial charge in [0, 0.05) is 0 Å². The van der Waals surface area contributed by atoms with Crippen molar-refractivity contribution in [3.63, 3.8) is 0 Å². The van der Waals surface area contributed by atoms with E-state index in [1.165, 1.54) is 13.8 Å². The first-order chi connectivity index (χ1) is 6.21. The lowest BCUT2D eigenvalue weighted by Gasteiger charge is -2.30. The van der Waals surface area contributed by atoms with Crippen LogP contribution >= 0.6 is 0 Å². The third-order valence-electron chi connectivity index (χ3n) is 2.75. The van der Waals surface area contributed by atoms with E-state index in [9.17, 15) is 15.3 Å². The fraction of sp³-hybridized carbons (Fsp3) is 1.00. The maximum atomic E-state index is 9.98. The third kappa shape index (κ3) is 1.01. The molecule has 0 spiro atoms. The normalized spacial score (nSPS) is 56.1. The standard InChI is InChI=1S/C8H15NO5/c1-6(2)13-7(11)4(9)3-5(10)8(7,12)14-6/h4-5,10-12H,3,9H2,1-2H3/t4-,5+,7+,8-/m1/s1. The van der Waals surface area contributed by atoms with Gasteiger partial charge in [-0.05, 0) is 20.3 Å². The quantitative estimate of drug-likeness (QED) is 0.373. The Morgan fingerprint density at radius 2 is 1.71 bits per heavy atom. The highest BCUT2D eigenvalue weighted by Gasteiger charge is 2.73. The summed E-state index contributed by atoms with van der Waals surface area (Å²) in [6, 6.07) is -0.871. The van der Waals surface area contributed by atoms with Gasteiger partial charge in [-0.2, -0.15) is 0 Å². The zero-order valence-electron chi connectivity index (χ0n) is 8.10. The van der Waals surface area contributed by atoms with Gasteiger partial charge >= 0.3 is 0 Å². The Hall–Kier alpha value is -0.240. The Balaban J connectivity index is 2.42. The summed E-state index contributed by atoms with van der Waals surface area (Å²) >= 11 is 0. The highest BCUT2D eigenvalue weighted by atomic mass is 16.9. The van der Waals surface area contributed by atoms with E-state index in [4.69, 9.17) is 15.2 Å². The summed E-state index contributed by atoms with van der Waals surface area (Å²) in [5.41, 5.74) is 5.58. The predicted octanol–water partition coefficient (Wildman–Crippen LogP) is -1.76. The molecule has 2 aliphatic rings. The van der Waals surface area contributed by atoms with Gasteiger partial charge in [-0.25, -0.2) is 0 Å². The van der Waals surface area contributed by atoms with Crippen LogP contribution in [-0.2, 0) is 9.47 Å². The molecule has 6 nitrogen and oxygen atoms in total. The SMILES string of the molecule is CC1(C)O[C@@]2(O)[C@H](N)C[C@H](O)[C@@]2(O)O1. The van der Waals surface area contributed by atoms with Crippen LogP contribution in [0.1, 0.15) is 20.3 Å². The molecule has 1 saturated heterocycles. The fourth-order valence-electron chi connectivity index (χ4n) is 2.12. The van der Waals surface area contributed by atoms with Crippen LogP contribution in [0, 0.1) is 0 Å². The van der Waals surface area contributed by atoms with Crippen LogP contribution in [0.4, 0.5) is 0 Å². The summed E-state index contributed by atoms with van der Waals surface area (Å²) in [5, 5.41) is 29.5. The fourth-order valence-corrected chi connectivity index (χ4v) is 2.12. The number of hydrogen-bond donors (Lipinski definition) is 4. The molecule has 0 bridgehead atoms. The van der Waals surface area contributed by atoms with Crippen LogP contribution in [0.3, 0.4) is 0 Å². The van der Waals surface area contributed by atoms with Crippen molar-refractivity contribution in [2.75, 3.05) is 0 Å². The zero-order valence-corrected chi connectivity index (χ0v) is 8.10. The van der Waals surface area contributed by atoms with E-state index in [0.29, 0.717) is 0 Å². The molecular weight excluding hydrogens is 190 g/mol. The highest BCUT2D eigenvalue weighted by Crippen LogP contribution is 2.50. The van der Waals surface area contributed by atoms with Crippen LogP contribution in [0.15, 0.2) is 0 Å². The molecule has 0 aromatic rings. The first-order valence-electron chi connectivity index (χ1n) is 4.50. The molecule has 2 rings (SSSR count). The topological polar surface area (TPSA) is 105 Å². The highest BCUT2D eigenvalue weighted by molar-refractivity contribution is 5.10. The Bertz CT molecular complexity index is 246. The number of fused-ring (bicyclic) bond motifs is 1. The largest absolute Gasteiger partial charge is 0.387 e. The number of ether oxygens (including phenoxy) is 2. The molecule has 82 valence electrons. The maximum absolute atomic E-state index is 9.98. The second kappa shape index (κ2) is 2.46. The average Bonchev–Trinajstić information content (AvgIpc) is 2.26. The number of rotatable bonds is 0. The minimum atomic E-state index is -2.13. The first-order valence-corrected chi connectivity index (χ1v) is 4.50. The van der Waals surface area contributed by atoms with Gasteiger partial charge in [0.25, 0.3) is 5.79 Å². The molecule has 4 atom stereocenters. The zero-order chi connectivity index (χ0) is 10.8. The van der Waals surface area contributed by atoms with Gasteiger partial charge in [-0.3, -0.25) is 0 Å². The van der Waals surface area contributed by atoms with Crippen LogP contribution in [0.25, 0.3) is 0 Å². The Kier molecular flexibility index (Phi) is 1.81. The van der Waals surface area contributed by atoms with Gasteiger partial charge < -0.3 is 30.5 Å². The molecule has 0 aromatic heterocycles. The Morgan fingerprint density at radius 3 is 2.21 bits per heavy atom. The molecular formula is C8H15NO5. The number of aliphatic hydroxyl groups is 3. The summed E-state index contributed by atoms with van der Waals surface area (Å²) in [5.74, 6) is -5.33. The van der Waals surface area contributed by atoms with Crippen molar-refractivity contribution in [3.05, 3.63) is 0 Å². The van der Waals surface area contributed by atoms with Gasteiger partial charge in [-0.1, -0.05) is 0 Å². The van der Waals surface area contributed by atoms with E-state index >= 15 is 0 Å². The van der Waals surface area contributed by atoms with Crippen LogP contribution in [0.5, 0.6) is 0 Å². The van der Waals surface area contributed by atoms with Gasteiger partial charge in [0.15, 0.2) is 5.79 Å². The lowest BCUT2D eigenvalue weighted by Crippen LogP contribution is -2.58. The van der Waals surface area contributed by atoms with E-state index in [1.54, 1.807) is 0 Å². The summed E-state index contributed by atoms with van der Waals surface area (Å²) in [7, 11) is 0. The number of nitrogens with two attached hydrogens (primary N) is 1. The molecule has 14 heavy (non-hydrogen) atoms. The summed E-state index contributed by atoms with van der Waals surface area (Å²) in [4.78, 5) is 0. The van der Waals surface area contributed by atoms with E-state index < -0.39 is 29.5 Å². The van der Waals surface area contributed by atoms with Gasteiger partial charge in [-0.15, -0.1) is 0 Å². The Labute approximate surface area is 81.2 Å². The second-order valence-corrected chi connectivity index (χ2v) is 4.35. The van der Waals surface area contributed by atoms with Crippen LogP contribution in [-0.4, -0.2) is 44.8 Å².